The van der Waals surface area contributed by atoms with Gasteiger partial charge in [-0.25, -0.2) is 0 Å². The minimum absolute atomic E-state index is 0.269. The van der Waals surface area contributed by atoms with Gasteiger partial charge in [0.15, 0.2) is 0 Å². The van der Waals surface area contributed by atoms with E-state index in [1.807, 2.05) is 0 Å². The van der Waals surface area contributed by atoms with E-state index in [9.17, 15) is 4.79 Å². The Balaban J connectivity index is 1.79. The summed E-state index contributed by atoms with van der Waals surface area (Å²) in [6, 6.07) is 43.2. The summed E-state index contributed by atoms with van der Waals surface area (Å²) in [4.78, 5) is 12.5. The Labute approximate surface area is 194 Å². The van der Waals surface area contributed by atoms with E-state index in [4.69, 9.17) is 0 Å². The summed E-state index contributed by atoms with van der Waals surface area (Å²) in [7, 11) is -1.23. The predicted octanol–water partition coefficient (Wildman–Crippen LogP) is 5.60. The number of ketones is 1. The quantitative estimate of drug-likeness (QED) is 0.301. The van der Waals surface area contributed by atoms with Gasteiger partial charge in [0.05, 0.1) is 0 Å². The summed E-state index contributed by atoms with van der Waals surface area (Å²) >= 11 is 0. The topological polar surface area (TPSA) is 17.1 Å². The molecule has 0 heterocycles. The smallest absolute Gasteiger partial charge is 0.130 e. The Bertz CT molecular complexity index is 1020. The van der Waals surface area contributed by atoms with Crippen molar-refractivity contribution in [1.29, 1.82) is 0 Å². The van der Waals surface area contributed by atoms with E-state index in [1.165, 1.54) is 21.2 Å². The number of carbonyl (C=O) groups is 1. The maximum absolute atomic E-state index is 12.5. The minimum atomic E-state index is -0.665. The van der Waals surface area contributed by atoms with Crippen molar-refractivity contribution >= 4 is 42.8 Å². The molecule has 4 aromatic rings. The zero-order chi connectivity index (χ0) is 22.2. The Morgan fingerprint density at radius 1 is 0.594 bits per heavy atom. The molecule has 0 aliphatic rings. The van der Waals surface area contributed by atoms with Crippen LogP contribution in [0.5, 0.6) is 0 Å². The normalized spacial score (nSPS) is 12.1. The maximum atomic E-state index is 12.5. The van der Waals surface area contributed by atoms with Crippen molar-refractivity contribution in [2.45, 2.75) is 19.0 Å². The molecule has 0 saturated carbocycles. The maximum Gasteiger partial charge on any atom is 0.130 e. The molecular weight excluding hydrogens is 426 g/mol. The molecule has 0 amide bonds. The highest BCUT2D eigenvalue weighted by Crippen LogP contribution is 2.47. The average molecular weight is 454 g/mol. The van der Waals surface area contributed by atoms with Crippen LogP contribution < -0.4 is 21.2 Å². The third-order valence-corrected chi connectivity index (χ3v) is 11.2. The summed E-state index contributed by atoms with van der Waals surface area (Å²) in [5, 5.41) is 5.43. The van der Waals surface area contributed by atoms with Crippen molar-refractivity contribution in [3.05, 3.63) is 121 Å². The number of Topliss-reactive ketones (excluding diaryl/α,β-unsaturated/α-hetero) is 1. The van der Waals surface area contributed by atoms with Gasteiger partial charge in [-0.2, -0.15) is 0 Å². The molecule has 1 atom stereocenters. The third kappa shape index (κ3) is 5.80. The van der Waals surface area contributed by atoms with E-state index < -0.39 is 15.8 Å². The molecule has 0 aromatic heterocycles. The Kier molecular flexibility index (Phi) is 8.00. The van der Waals surface area contributed by atoms with Gasteiger partial charge in [0.25, 0.3) is 0 Å². The van der Waals surface area contributed by atoms with Crippen LogP contribution in [0.3, 0.4) is 0 Å². The van der Waals surface area contributed by atoms with Crippen molar-refractivity contribution in [3.8, 4) is 0 Å². The first-order chi connectivity index (χ1) is 15.7. The summed E-state index contributed by atoms with van der Waals surface area (Å²) in [6.45, 7) is 1.74. The van der Waals surface area contributed by atoms with Crippen LogP contribution in [0, 0.1) is 0 Å². The average Bonchev–Trinajstić information content (AvgIpc) is 2.84. The molecular formula is C29H28OP2. The van der Waals surface area contributed by atoms with Crippen molar-refractivity contribution in [2.24, 2.45) is 0 Å². The highest BCUT2D eigenvalue weighted by molar-refractivity contribution is 7.77. The number of carbonyl (C=O) groups excluding carboxylic acids is 1. The molecule has 0 unspecified atom stereocenters. The fourth-order valence-electron chi connectivity index (χ4n) is 4.10. The molecule has 4 aromatic carbocycles. The largest absolute Gasteiger partial charge is 0.300 e. The number of rotatable bonds is 9. The third-order valence-electron chi connectivity index (χ3n) is 5.49. The molecule has 0 aliphatic heterocycles. The van der Waals surface area contributed by atoms with E-state index in [0.717, 1.165) is 6.16 Å². The first-order valence-electron chi connectivity index (χ1n) is 11.0. The van der Waals surface area contributed by atoms with Crippen LogP contribution in [-0.2, 0) is 4.79 Å². The van der Waals surface area contributed by atoms with E-state index in [-0.39, 0.29) is 11.4 Å². The lowest BCUT2D eigenvalue weighted by molar-refractivity contribution is -0.116. The second-order valence-electron chi connectivity index (χ2n) is 7.88. The van der Waals surface area contributed by atoms with Gasteiger partial charge in [0.1, 0.15) is 5.78 Å². The molecule has 0 aliphatic carbocycles. The summed E-state index contributed by atoms with van der Waals surface area (Å²) in [5.41, 5.74) is 0.277. The summed E-state index contributed by atoms with van der Waals surface area (Å²) in [5.74, 6) is 0.269. The van der Waals surface area contributed by atoms with E-state index >= 15 is 0 Å². The molecule has 0 bridgehead atoms. The van der Waals surface area contributed by atoms with E-state index in [2.05, 4.69) is 121 Å². The van der Waals surface area contributed by atoms with Crippen LogP contribution in [0.25, 0.3) is 0 Å². The fraction of sp³-hybridized carbons (Fsp3) is 0.138. The first kappa shape index (κ1) is 22.6. The van der Waals surface area contributed by atoms with Crippen LogP contribution in [0.4, 0.5) is 0 Å². The Morgan fingerprint density at radius 2 is 0.938 bits per heavy atom. The first-order valence-corrected chi connectivity index (χ1v) is 13.9. The summed E-state index contributed by atoms with van der Waals surface area (Å²) in [6.07, 6.45) is 1.60. The second-order valence-corrected chi connectivity index (χ2v) is 12.6. The van der Waals surface area contributed by atoms with Crippen molar-refractivity contribution in [1.82, 2.24) is 0 Å². The number of hydrogen-bond acceptors (Lipinski definition) is 1. The zero-order valence-electron chi connectivity index (χ0n) is 18.3. The van der Waals surface area contributed by atoms with Crippen LogP contribution in [-0.4, -0.2) is 17.6 Å². The molecule has 3 heteroatoms. The van der Waals surface area contributed by atoms with Crippen LogP contribution in [0.2, 0.25) is 0 Å². The van der Waals surface area contributed by atoms with Gasteiger partial charge in [-0.15, -0.1) is 0 Å². The molecule has 0 saturated heterocycles. The lowest BCUT2D eigenvalue weighted by Gasteiger charge is -2.32. The van der Waals surface area contributed by atoms with Crippen LogP contribution in [0.1, 0.15) is 13.3 Å². The Morgan fingerprint density at radius 3 is 1.28 bits per heavy atom. The van der Waals surface area contributed by atoms with Crippen LogP contribution >= 0.6 is 15.8 Å². The van der Waals surface area contributed by atoms with Gasteiger partial charge in [-0.1, -0.05) is 121 Å². The van der Waals surface area contributed by atoms with Crippen LogP contribution in [0.15, 0.2) is 121 Å². The van der Waals surface area contributed by atoms with Gasteiger partial charge in [0.2, 0.25) is 0 Å². The van der Waals surface area contributed by atoms with Crippen molar-refractivity contribution in [2.75, 3.05) is 6.16 Å². The van der Waals surface area contributed by atoms with Gasteiger partial charge in [0, 0.05) is 6.42 Å². The minimum Gasteiger partial charge on any atom is -0.300 e. The molecule has 0 spiro atoms. The standard InChI is InChI=1S/C29H28OP2/c1-24(30)22-29(32(27-18-10-4-11-19-27)28-20-12-5-13-21-28)23-31(25-14-6-2-7-15-25)26-16-8-3-9-17-26/h2-21,29H,22-23H2,1H3/t29-/m1/s1. The van der Waals surface area contributed by atoms with Gasteiger partial charge >= 0.3 is 0 Å². The number of benzene rings is 4. The van der Waals surface area contributed by atoms with E-state index in [0.29, 0.717) is 6.42 Å². The molecule has 0 N–H and O–H groups in total. The molecule has 160 valence electrons. The van der Waals surface area contributed by atoms with Crippen molar-refractivity contribution < 1.29 is 4.79 Å². The molecule has 0 fully saturated rings. The molecule has 32 heavy (non-hydrogen) atoms. The number of hydrogen-bond donors (Lipinski definition) is 0. The predicted molar refractivity (Wildman–Crippen MR) is 142 cm³/mol. The van der Waals surface area contributed by atoms with Crippen molar-refractivity contribution in [3.63, 3.8) is 0 Å². The highest BCUT2D eigenvalue weighted by Gasteiger charge is 2.29. The SMILES string of the molecule is CC(=O)C[C@H](CP(c1ccccc1)c1ccccc1)P(c1ccccc1)c1ccccc1. The molecule has 1 nitrogen and oxygen atoms in total. The van der Waals surface area contributed by atoms with Gasteiger partial charge in [-0.05, 0) is 55.8 Å². The highest BCUT2D eigenvalue weighted by atomic mass is 31.1. The zero-order valence-corrected chi connectivity index (χ0v) is 20.1. The summed E-state index contributed by atoms with van der Waals surface area (Å²) < 4.78 is 0. The van der Waals surface area contributed by atoms with Gasteiger partial charge in [-0.3, -0.25) is 0 Å². The molecule has 0 radical (unpaired) electrons. The molecule has 4 rings (SSSR count). The Hall–Kier alpha value is -2.59. The van der Waals surface area contributed by atoms with Gasteiger partial charge < -0.3 is 4.79 Å². The lowest BCUT2D eigenvalue weighted by Crippen LogP contribution is -2.29. The second kappa shape index (κ2) is 11.3. The fourth-order valence-corrected chi connectivity index (χ4v) is 10.1. The monoisotopic (exact) mass is 454 g/mol. The lowest BCUT2D eigenvalue weighted by atomic mass is 10.2. The van der Waals surface area contributed by atoms with E-state index in [1.54, 1.807) is 6.92 Å².